The Hall–Kier alpha value is -4.11. The van der Waals surface area contributed by atoms with E-state index >= 15 is 0 Å². The first kappa shape index (κ1) is 24.6. The minimum absolute atomic E-state index is 0.0748. The summed E-state index contributed by atoms with van der Waals surface area (Å²) >= 11 is 0. The highest BCUT2D eigenvalue weighted by Crippen LogP contribution is 2.36. The summed E-state index contributed by atoms with van der Waals surface area (Å²) in [6.07, 6.45) is -4.56. The van der Waals surface area contributed by atoms with Gasteiger partial charge in [0.05, 0.1) is 31.4 Å². The van der Waals surface area contributed by atoms with Crippen LogP contribution in [0.1, 0.15) is 11.1 Å². The van der Waals surface area contributed by atoms with E-state index in [0.717, 1.165) is 11.6 Å². The van der Waals surface area contributed by atoms with Crippen LogP contribution in [-0.2, 0) is 17.5 Å². The molecule has 37 heavy (non-hydrogen) atoms. The molecule has 6 nitrogen and oxygen atoms in total. The van der Waals surface area contributed by atoms with Crippen molar-refractivity contribution >= 4 is 22.5 Å². The standard InChI is InChI=1S/C28H24F3N3O3/c1-33-21(17-37-16-18-7-3-2-4-8-18)15-34(27(33)36)20-12-11-19-13-25(32-26(35)23(19)14-20)22-9-5-6-10-24(22)28(29,30)31/h2-14,21H,15-17H2,1H3,(H,32,35). The number of H-pyrrole nitrogens is 1. The lowest BCUT2D eigenvalue weighted by molar-refractivity contribution is -0.137. The number of aromatic amines is 1. The molecule has 2 amide bonds. The fraction of sp³-hybridized carbons (Fsp3) is 0.214. The van der Waals surface area contributed by atoms with Crippen molar-refractivity contribution in [3.63, 3.8) is 0 Å². The molecule has 0 aliphatic carbocycles. The zero-order valence-corrected chi connectivity index (χ0v) is 20.0. The summed E-state index contributed by atoms with van der Waals surface area (Å²) in [5, 5.41) is 0.757. The maximum Gasteiger partial charge on any atom is 0.417 e. The summed E-state index contributed by atoms with van der Waals surface area (Å²) < 4.78 is 46.3. The molecule has 4 aromatic rings. The quantitative estimate of drug-likeness (QED) is 0.366. The Balaban J connectivity index is 1.38. The van der Waals surface area contributed by atoms with Gasteiger partial charge in [0.15, 0.2) is 0 Å². The maximum atomic E-state index is 13.5. The molecule has 0 radical (unpaired) electrons. The van der Waals surface area contributed by atoms with Gasteiger partial charge in [-0.05, 0) is 35.2 Å². The van der Waals surface area contributed by atoms with Gasteiger partial charge in [-0.3, -0.25) is 9.69 Å². The number of ether oxygens (including phenoxy) is 1. The predicted octanol–water partition coefficient (Wildman–Crippen LogP) is 5.67. The van der Waals surface area contributed by atoms with Gasteiger partial charge in [0, 0.05) is 29.4 Å². The lowest BCUT2D eigenvalue weighted by Gasteiger charge is -2.17. The molecule has 5 rings (SSSR count). The highest BCUT2D eigenvalue weighted by molar-refractivity contribution is 5.97. The molecule has 3 aromatic carbocycles. The Morgan fingerprint density at radius 2 is 1.70 bits per heavy atom. The zero-order chi connectivity index (χ0) is 26.2. The van der Waals surface area contributed by atoms with E-state index in [1.807, 2.05) is 30.3 Å². The summed E-state index contributed by atoms with van der Waals surface area (Å²) in [6.45, 7) is 1.17. The third-order valence-corrected chi connectivity index (χ3v) is 6.56. The van der Waals surface area contributed by atoms with Crippen molar-refractivity contribution in [1.29, 1.82) is 0 Å². The van der Waals surface area contributed by atoms with Crippen LogP contribution < -0.4 is 10.5 Å². The minimum Gasteiger partial charge on any atom is -0.375 e. The third kappa shape index (κ3) is 4.95. The third-order valence-electron chi connectivity index (χ3n) is 6.56. The number of amides is 2. The molecule has 1 unspecified atom stereocenters. The number of carbonyl (C=O) groups is 1. The smallest absolute Gasteiger partial charge is 0.375 e. The number of benzene rings is 3. The molecule has 1 saturated heterocycles. The monoisotopic (exact) mass is 507 g/mol. The molecule has 0 spiro atoms. The highest BCUT2D eigenvalue weighted by Gasteiger charge is 2.36. The van der Waals surface area contributed by atoms with Crippen LogP contribution >= 0.6 is 0 Å². The number of nitrogens with zero attached hydrogens (tertiary/aromatic N) is 2. The Morgan fingerprint density at radius 1 is 0.973 bits per heavy atom. The van der Waals surface area contributed by atoms with Gasteiger partial charge in [-0.15, -0.1) is 0 Å². The van der Waals surface area contributed by atoms with Crippen LogP contribution in [0.5, 0.6) is 0 Å². The van der Waals surface area contributed by atoms with E-state index in [1.165, 1.54) is 24.3 Å². The number of aromatic nitrogens is 1. The number of halogens is 3. The van der Waals surface area contributed by atoms with E-state index < -0.39 is 17.3 Å². The summed E-state index contributed by atoms with van der Waals surface area (Å²) in [5.74, 6) is 0. The number of anilines is 1. The molecule has 0 saturated carbocycles. The van der Waals surface area contributed by atoms with Crippen LogP contribution in [0.15, 0.2) is 83.7 Å². The fourth-order valence-corrected chi connectivity index (χ4v) is 4.55. The second kappa shape index (κ2) is 9.74. The van der Waals surface area contributed by atoms with Gasteiger partial charge >= 0.3 is 12.2 Å². The summed E-state index contributed by atoms with van der Waals surface area (Å²) in [4.78, 5) is 31.6. The second-order valence-corrected chi connectivity index (χ2v) is 8.99. The van der Waals surface area contributed by atoms with Crippen molar-refractivity contribution < 1.29 is 22.7 Å². The molecule has 1 aromatic heterocycles. The lowest BCUT2D eigenvalue weighted by Crippen LogP contribution is -2.33. The van der Waals surface area contributed by atoms with Gasteiger partial charge < -0.3 is 14.6 Å². The Bertz CT molecular complexity index is 1500. The van der Waals surface area contributed by atoms with Crippen molar-refractivity contribution in [2.45, 2.75) is 18.8 Å². The Labute approximate surface area is 210 Å². The first-order valence-electron chi connectivity index (χ1n) is 11.7. The number of hydrogen-bond acceptors (Lipinski definition) is 3. The lowest BCUT2D eigenvalue weighted by atomic mass is 10.0. The number of pyridine rings is 1. The number of rotatable bonds is 6. The van der Waals surface area contributed by atoms with Crippen LogP contribution in [0.3, 0.4) is 0 Å². The average molecular weight is 508 g/mol. The molecule has 1 N–H and O–H groups in total. The van der Waals surface area contributed by atoms with Crippen molar-refractivity contribution in [3.05, 3.63) is 100 Å². The van der Waals surface area contributed by atoms with E-state index in [0.29, 0.717) is 30.8 Å². The van der Waals surface area contributed by atoms with Crippen molar-refractivity contribution in [3.8, 4) is 11.3 Å². The van der Waals surface area contributed by atoms with Crippen LogP contribution in [0, 0.1) is 0 Å². The normalized spacial score (nSPS) is 16.1. The molecular formula is C28H24F3N3O3. The molecule has 190 valence electrons. The SMILES string of the molecule is CN1C(=O)N(c2ccc3cc(-c4ccccc4C(F)(F)F)[nH]c(=O)c3c2)CC1COCc1ccccc1. The van der Waals surface area contributed by atoms with Crippen molar-refractivity contribution in [1.82, 2.24) is 9.88 Å². The van der Waals surface area contributed by atoms with Gasteiger partial charge in [0.25, 0.3) is 5.56 Å². The molecule has 1 atom stereocenters. The van der Waals surface area contributed by atoms with Crippen LogP contribution in [-0.4, -0.2) is 42.2 Å². The number of urea groups is 1. The first-order chi connectivity index (χ1) is 17.7. The predicted molar refractivity (Wildman–Crippen MR) is 135 cm³/mol. The van der Waals surface area contributed by atoms with Gasteiger partial charge in [0.2, 0.25) is 0 Å². The van der Waals surface area contributed by atoms with Crippen LogP contribution in [0.25, 0.3) is 22.0 Å². The molecule has 9 heteroatoms. The Kier molecular flexibility index (Phi) is 6.47. The van der Waals surface area contributed by atoms with E-state index in [2.05, 4.69) is 4.98 Å². The molecule has 1 fully saturated rings. The first-order valence-corrected chi connectivity index (χ1v) is 11.7. The molecule has 1 aliphatic rings. The van der Waals surface area contributed by atoms with Crippen molar-refractivity contribution in [2.24, 2.45) is 0 Å². The summed E-state index contributed by atoms with van der Waals surface area (Å²) in [6, 6.07) is 20.9. The highest BCUT2D eigenvalue weighted by atomic mass is 19.4. The molecule has 2 heterocycles. The van der Waals surface area contributed by atoms with E-state index in [9.17, 15) is 22.8 Å². The Morgan fingerprint density at radius 3 is 2.46 bits per heavy atom. The summed E-state index contributed by atoms with van der Waals surface area (Å²) in [5.41, 5.74) is 0.182. The maximum absolute atomic E-state index is 13.5. The van der Waals surface area contributed by atoms with Gasteiger partial charge in [-0.2, -0.15) is 13.2 Å². The second-order valence-electron chi connectivity index (χ2n) is 8.99. The largest absolute Gasteiger partial charge is 0.417 e. The number of fused-ring (bicyclic) bond motifs is 1. The van der Waals surface area contributed by atoms with Crippen LogP contribution in [0.2, 0.25) is 0 Å². The van der Waals surface area contributed by atoms with E-state index in [1.54, 1.807) is 35.0 Å². The van der Waals surface area contributed by atoms with Gasteiger partial charge in [-0.1, -0.05) is 54.6 Å². The van der Waals surface area contributed by atoms with E-state index in [-0.39, 0.29) is 28.7 Å². The molecule has 1 aliphatic heterocycles. The number of hydrogen-bond donors (Lipinski definition) is 1. The fourth-order valence-electron chi connectivity index (χ4n) is 4.55. The molecular weight excluding hydrogens is 483 g/mol. The van der Waals surface area contributed by atoms with Crippen LogP contribution in [0.4, 0.5) is 23.7 Å². The molecule has 0 bridgehead atoms. The zero-order valence-electron chi connectivity index (χ0n) is 20.0. The minimum atomic E-state index is -4.56. The number of alkyl halides is 3. The van der Waals surface area contributed by atoms with Gasteiger partial charge in [-0.25, -0.2) is 4.79 Å². The van der Waals surface area contributed by atoms with Crippen molar-refractivity contribution in [2.75, 3.05) is 25.1 Å². The summed E-state index contributed by atoms with van der Waals surface area (Å²) in [7, 11) is 1.71. The average Bonchev–Trinajstić information content (AvgIpc) is 3.17. The van der Waals surface area contributed by atoms with E-state index in [4.69, 9.17) is 4.74 Å². The number of nitrogens with one attached hydrogen (secondary N) is 1. The topological polar surface area (TPSA) is 65.6 Å². The number of carbonyl (C=O) groups excluding carboxylic acids is 1. The van der Waals surface area contributed by atoms with Gasteiger partial charge in [0.1, 0.15) is 0 Å². The number of likely N-dealkylation sites (N-methyl/N-ethyl adjacent to an activating group) is 1.